The Morgan fingerprint density at radius 3 is 2.06 bits per heavy atom. The van der Waals surface area contributed by atoms with Crippen molar-refractivity contribution in [2.75, 3.05) is 13.1 Å². The molecule has 3 aliphatic rings. The molecule has 176 valence electrons. The van der Waals surface area contributed by atoms with Gasteiger partial charge in [0.25, 0.3) is 0 Å². The van der Waals surface area contributed by atoms with Crippen LogP contribution in [0.15, 0.2) is 12.3 Å². The molecular weight excluding hydrogens is 392 g/mol. The maximum absolute atomic E-state index is 13.0. The molecule has 0 aromatic carbocycles. The molecule has 0 aromatic heterocycles. The van der Waals surface area contributed by atoms with E-state index < -0.39 is 6.09 Å². The highest BCUT2D eigenvalue weighted by Gasteiger charge is 2.33. The van der Waals surface area contributed by atoms with Gasteiger partial charge in [0.05, 0.1) is 5.76 Å². The van der Waals surface area contributed by atoms with Crippen LogP contribution in [0.4, 0.5) is 4.79 Å². The number of nitrogens with one attached hydrogen (secondary N) is 2. The lowest BCUT2D eigenvalue weighted by Gasteiger charge is -2.33. The molecule has 0 radical (unpaired) electrons. The summed E-state index contributed by atoms with van der Waals surface area (Å²) in [5, 5.41) is 6.49. The Morgan fingerprint density at radius 2 is 1.45 bits per heavy atom. The number of amides is 1. The molecule has 3 aliphatic carbocycles. The first kappa shape index (κ1) is 24.1. The molecule has 0 bridgehead atoms. The number of ether oxygens (including phenoxy) is 2. The van der Waals surface area contributed by atoms with E-state index in [0.29, 0.717) is 30.1 Å². The van der Waals surface area contributed by atoms with Crippen molar-refractivity contribution in [3.8, 4) is 0 Å². The summed E-state index contributed by atoms with van der Waals surface area (Å²) in [7, 11) is 0. The molecule has 0 unspecified atom stereocenters. The Balaban J connectivity index is 1.41. The molecular formula is C25H42N2O4. The molecule has 31 heavy (non-hydrogen) atoms. The molecule has 0 aliphatic heterocycles. The predicted molar refractivity (Wildman–Crippen MR) is 121 cm³/mol. The first-order valence-electron chi connectivity index (χ1n) is 12.6. The van der Waals surface area contributed by atoms with Crippen LogP contribution in [-0.4, -0.2) is 37.3 Å². The molecule has 1 atom stereocenters. The number of hydrogen-bond donors (Lipinski definition) is 2. The molecule has 1 amide bonds. The Hall–Kier alpha value is -1.56. The number of rotatable bonds is 9. The molecule has 3 rings (SSSR count). The van der Waals surface area contributed by atoms with Crippen LogP contribution in [0.1, 0.15) is 90.4 Å². The highest BCUT2D eigenvalue weighted by molar-refractivity contribution is 5.76. The summed E-state index contributed by atoms with van der Waals surface area (Å²) in [6.07, 6.45) is 14.6. The van der Waals surface area contributed by atoms with Crippen molar-refractivity contribution in [3.63, 3.8) is 0 Å². The maximum Gasteiger partial charge on any atom is 0.412 e. The van der Waals surface area contributed by atoms with E-state index in [2.05, 4.69) is 17.2 Å². The second kappa shape index (κ2) is 12.5. The lowest BCUT2D eigenvalue weighted by Crippen LogP contribution is -2.47. The van der Waals surface area contributed by atoms with E-state index in [4.69, 9.17) is 9.47 Å². The van der Waals surface area contributed by atoms with E-state index in [0.717, 1.165) is 57.9 Å². The second-order valence-electron chi connectivity index (χ2n) is 9.99. The van der Waals surface area contributed by atoms with Crippen molar-refractivity contribution in [1.82, 2.24) is 10.6 Å². The van der Waals surface area contributed by atoms with Gasteiger partial charge in [-0.15, -0.1) is 0 Å². The third-order valence-corrected chi connectivity index (χ3v) is 7.35. The molecule has 0 spiro atoms. The van der Waals surface area contributed by atoms with E-state index in [1.165, 1.54) is 32.1 Å². The molecule has 0 saturated heterocycles. The lowest BCUT2D eigenvalue weighted by molar-refractivity contribution is -0.153. The van der Waals surface area contributed by atoms with Gasteiger partial charge < -0.3 is 20.1 Å². The Kier molecular flexibility index (Phi) is 9.69. The van der Waals surface area contributed by atoms with Gasteiger partial charge in [-0.05, 0) is 95.4 Å². The summed E-state index contributed by atoms with van der Waals surface area (Å²) in [6.45, 7) is 6.80. The standard InChI is InChI=1S/C25H42N2O4/c1-18(2)30-25(29)27-17-20-14-12-19(13-15-20)16-26-23(21-8-4-3-5-9-21)24(28)31-22-10-6-7-11-22/h19-23,26H,1,3-17H2,2H3,(H,27,29)/t19?,20?,23-/m0/s1. The van der Waals surface area contributed by atoms with Gasteiger partial charge in [-0.2, -0.15) is 0 Å². The van der Waals surface area contributed by atoms with Crippen molar-refractivity contribution in [2.45, 2.75) is 103 Å². The summed E-state index contributed by atoms with van der Waals surface area (Å²) in [5.41, 5.74) is 0. The van der Waals surface area contributed by atoms with Gasteiger partial charge in [-0.1, -0.05) is 25.8 Å². The zero-order chi connectivity index (χ0) is 22.1. The van der Waals surface area contributed by atoms with E-state index >= 15 is 0 Å². The quantitative estimate of drug-likeness (QED) is 0.391. The van der Waals surface area contributed by atoms with Crippen molar-refractivity contribution in [1.29, 1.82) is 0 Å². The number of esters is 1. The first-order chi connectivity index (χ1) is 15.0. The van der Waals surface area contributed by atoms with Crippen molar-refractivity contribution in [2.24, 2.45) is 17.8 Å². The fourth-order valence-electron chi connectivity index (χ4n) is 5.51. The summed E-state index contributed by atoms with van der Waals surface area (Å²) >= 11 is 0. The molecule has 3 fully saturated rings. The van der Waals surface area contributed by atoms with Crippen LogP contribution >= 0.6 is 0 Å². The zero-order valence-corrected chi connectivity index (χ0v) is 19.3. The third kappa shape index (κ3) is 8.13. The van der Waals surface area contributed by atoms with Crippen LogP contribution in [0.5, 0.6) is 0 Å². The number of carbonyl (C=O) groups is 2. The minimum atomic E-state index is -0.410. The average Bonchev–Trinajstić information content (AvgIpc) is 3.26. The topological polar surface area (TPSA) is 76.7 Å². The van der Waals surface area contributed by atoms with Crippen LogP contribution in [0, 0.1) is 17.8 Å². The minimum absolute atomic E-state index is 0.00675. The van der Waals surface area contributed by atoms with Gasteiger partial charge in [0.2, 0.25) is 0 Å². The van der Waals surface area contributed by atoms with Crippen LogP contribution < -0.4 is 10.6 Å². The van der Waals surface area contributed by atoms with Gasteiger partial charge in [0.1, 0.15) is 12.1 Å². The van der Waals surface area contributed by atoms with Gasteiger partial charge in [-0.25, -0.2) is 4.79 Å². The smallest absolute Gasteiger partial charge is 0.412 e. The van der Waals surface area contributed by atoms with Gasteiger partial charge in [0.15, 0.2) is 0 Å². The van der Waals surface area contributed by atoms with Gasteiger partial charge in [0, 0.05) is 6.54 Å². The zero-order valence-electron chi connectivity index (χ0n) is 19.3. The van der Waals surface area contributed by atoms with Gasteiger partial charge >= 0.3 is 12.1 Å². The SMILES string of the molecule is C=C(C)OC(=O)NCC1CCC(CN[C@H](C(=O)OC2CCCC2)C2CCCCC2)CC1. The van der Waals surface area contributed by atoms with E-state index in [1.54, 1.807) is 6.92 Å². The monoisotopic (exact) mass is 434 g/mol. The molecule has 2 N–H and O–H groups in total. The summed E-state index contributed by atoms with van der Waals surface area (Å²) < 4.78 is 10.9. The summed E-state index contributed by atoms with van der Waals surface area (Å²) in [6, 6.07) is -0.141. The van der Waals surface area contributed by atoms with Crippen LogP contribution in [-0.2, 0) is 14.3 Å². The van der Waals surface area contributed by atoms with E-state index in [1.807, 2.05) is 0 Å². The first-order valence-corrected chi connectivity index (χ1v) is 12.6. The molecule has 0 heterocycles. The third-order valence-electron chi connectivity index (χ3n) is 7.35. The number of alkyl carbamates (subject to hydrolysis) is 1. The largest absolute Gasteiger partial charge is 0.461 e. The lowest BCUT2D eigenvalue weighted by atomic mass is 9.81. The average molecular weight is 435 g/mol. The number of carbonyl (C=O) groups excluding carboxylic acids is 2. The normalized spacial score (nSPS) is 26.2. The van der Waals surface area contributed by atoms with Crippen LogP contribution in [0.25, 0.3) is 0 Å². The fraction of sp³-hybridized carbons (Fsp3) is 0.840. The Morgan fingerprint density at radius 1 is 0.871 bits per heavy atom. The summed E-state index contributed by atoms with van der Waals surface area (Å²) in [4.78, 5) is 24.6. The van der Waals surface area contributed by atoms with Crippen molar-refractivity contribution < 1.29 is 19.1 Å². The molecule has 3 saturated carbocycles. The fourth-order valence-corrected chi connectivity index (χ4v) is 5.51. The summed E-state index contributed by atoms with van der Waals surface area (Å²) in [5.74, 6) is 1.90. The van der Waals surface area contributed by atoms with Crippen LogP contribution in [0.3, 0.4) is 0 Å². The van der Waals surface area contributed by atoms with Gasteiger partial charge in [-0.3, -0.25) is 4.79 Å². The molecule has 6 nitrogen and oxygen atoms in total. The van der Waals surface area contributed by atoms with E-state index in [9.17, 15) is 9.59 Å². The second-order valence-corrected chi connectivity index (χ2v) is 9.99. The highest BCUT2D eigenvalue weighted by Crippen LogP contribution is 2.31. The molecule has 6 heteroatoms. The van der Waals surface area contributed by atoms with Crippen LogP contribution in [0.2, 0.25) is 0 Å². The predicted octanol–water partition coefficient (Wildman–Crippen LogP) is 5.08. The van der Waals surface area contributed by atoms with Crippen molar-refractivity contribution >= 4 is 12.1 Å². The Labute approximate surface area is 187 Å². The van der Waals surface area contributed by atoms with Crippen molar-refractivity contribution in [3.05, 3.63) is 12.3 Å². The van der Waals surface area contributed by atoms with E-state index in [-0.39, 0.29) is 18.1 Å². The minimum Gasteiger partial charge on any atom is -0.461 e. The Bertz CT molecular complexity index is 588. The highest BCUT2D eigenvalue weighted by atomic mass is 16.6. The number of hydrogen-bond acceptors (Lipinski definition) is 5. The number of allylic oxidation sites excluding steroid dienone is 1. The molecule has 0 aromatic rings. The maximum atomic E-state index is 13.0.